The molecule has 0 amide bonds. The summed E-state index contributed by atoms with van der Waals surface area (Å²) < 4.78 is 4.78. The smallest absolute Gasteiger partial charge is 0.309 e. The minimum atomic E-state index is -0.147. The molecule has 2 N–H and O–H groups in total. The van der Waals surface area contributed by atoms with Gasteiger partial charge in [0.05, 0.1) is 13.0 Å². The van der Waals surface area contributed by atoms with Gasteiger partial charge in [0.25, 0.3) is 0 Å². The van der Waals surface area contributed by atoms with Crippen molar-refractivity contribution in [1.82, 2.24) is 4.90 Å². The lowest BCUT2D eigenvalue weighted by Crippen LogP contribution is -2.48. The van der Waals surface area contributed by atoms with Crippen molar-refractivity contribution in [3.8, 4) is 0 Å². The van der Waals surface area contributed by atoms with E-state index in [0.29, 0.717) is 12.6 Å². The zero-order valence-corrected chi connectivity index (χ0v) is 10.8. The van der Waals surface area contributed by atoms with Gasteiger partial charge in [-0.2, -0.15) is 0 Å². The second kappa shape index (κ2) is 5.64. The van der Waals surface area contributed by atoms with Crippen molar-refractivity contribution < 1.29 is 9.53 Å². The summed E-state index contributed by atoms with van der Waals surface area (Å²) in [6.45, 7) is 4.64. The number of nitrogens with zero attached hydrogens (tertiary/aromatic N) is 1. The molecule has 0 aromatic rings. The predicted molar refractivity (Wildman–Crippen MR) is 64.0 cm³/mol. The van der Waals surface area contributed by atoms with Crippen LogP contribution in [0.25, 0.3) is 0 Å². The Hall–Kier alpha value is -0.610. The van der Waals surface area contributed by atoms with Crippen LogP contribution in [0.1, 0.15) is 26.7 Å². The molecule has 0 aliphatic heterocycles. The van der Waals surface area contributed by atoms with E-state index in [0.717, 1.165) is 5.92 Å². The molecule has 3 atom stereocenters. The first-order valence-electron chi connectivity index (χ1n) is 6.02. The number of esters is 1. The summed E-state index contributed by atoms with van der Waals surface area (Å²) in [5, 5.41) is 0. The summed E-state index contributed by atoms with van der Waals surface area (Å²) >= 11 is 0. The zero-order chi connectivity index (χ0) is 12.3. The minimum absolute atomic E-state index is 0.109. The summed E-state index contributed by atoms with van der Waals surface area (Å²) in [5.74, 6) is 0.469. The van der Waals surface area contributed by atoms with Crippen LogP contribution in [0.4, 0.5) is 0 Å². The Balaban J connectivity index is 2.56. The Morgan fingerprint density at radius 1 is 1.50 bits per heavy atom. The average Bonchev–Trinajstić information content (AvgIpc) is 3.11. The van der Waals surface area contributed by atoms with Gasteiger partial charge in [-0.15, -0.1) is 0 Å². The van der Waals surface area contributed by atoms with E-state index in [1.165, 1.54) is 20.0 Å². The standard InChI is InChI=1S/C12H24N2O2/c1-8(12(15)16-4)9(2)14(3)11(7-13)10-5-6-10/h8-11H,5-7,13H2,1-4H3. The Kier molecular flexibility index (Phi) is 4.74. The molecule has 0 bridgehead atoms. The molecule has 1 saturated carbocycles. The predicted octanol–water partition coefficient (Wildman–Crippen LogP) is 0.853. The number of rotatable bonds is 6. The largest absolute Gasteiger partial charge is 0.469 e. The van der Waals surface area contributed by atoms with Gasteiger partial charge in [0.15, 0.2) is 0 Å². The van der Waals surface area contributed by atoms with Gasteiger partial charge in [-0.3, -0.25) is 9.69 Å². The molecule has 94 valence electrons. The van der Waals surface area contributed by atoms with Gasteiger partial charge in [-0.1, -0.05) is 6.92 Å². The molecule has 16 heavy (non-hydrogen) atoms. The van der Waals surface area contributed by atoms with Gasteiger partial charge >= 0.3 is 5.97 Å². The van der Waals surface area contributed by atoms with Crippen LogP contribution in [0.3, 0.4) is 0 Å². The Bertz CT molecular complexity index is 241. The van der Waals surface area contributed by atoms with Crippen LogP contribution in [0.2, 0.25) is 0 Å². The molecule has 1 fully saturated rings. The van der Waals surface area contributed by atoms with Crippen molar-refractivity contribution in [2.75, 3.05) is 20.7 Å². The second-order valence-electron chi connectivity index (χ2n) is 4.86. The zero-order valence-electron chi connectivity index (χ0n) is 10.8. The molecule has 0 radical (unpaired) electrons. The molecule has 0 spiro atoms. The van der Waals surface area contributed by atoms with E-state index in [-0.39, 0.29) is 17.9 Å². The fourth-order valence-electron chi connectivity index (χ4n) is 2.21. The first kappa shape index (κ1) is 13.5. The number of nitrogens with two attached hydrogens (primary N) is 1. The maximum absolute atomic E-state index is 11.5. The van der Waals surface area contributed by atoms with Gasteiger partial charge in [-0.25, -0.2) is 0 Å². The molecule has 0 aromatic carbocycles. The van der Waals surface area contributed by atoms with Crippen molar-refractivity contribution >= 4 is 5.97 Å². The molecule has 1 aliphatic rings. The monoisotopic (exact) mass is 228 g/mol. The molecule has 4 nitrogen and oxygen atoms in total. The van der Waals surface area contributed by atoms with E-state index in [9.17, 15) is 4.79 Å². The lowest BCUT2D eigenvalue weighted by Gasteiger charge is -2.35. The molecular formula is C12H24N2O2. The van der Waals surface area contributed by atoms with Crippen LogP contribution in [0.15, 0.2) is 0 Å². The Labute approximate surface area is 98.1 Å². The molecule has 1 aliphatic carbocycles. The average molecular weight is 228 g/mol. The number of likely N-dealkylation sites (N-methyl/N-ethyl adjacent to an activating group) is 1. The van der Waals surface area contributed by atoms with Crippen molar-refractivity contribution in [2.24, 2.45) is 17.6 Å². The highest BCUT2D eigenvalue weighted by Crippen LogP contribution is 2.35. The molecule has 1 rings (SSSR count). The van der Waals surface area contributed by atoms with E-state index < -0.39 is 0 Å². The third kappa shape index (κ3) is 2.95. The number of carbonyl (C=O) groups excluding carboxylic acids is 1. The summed E-state index contributed by atoms with van der Waals surface area (Å²) in [6.07, 6.45) is 2.54. The summed E-state index contributed by atoms with van der Waals surface area (Å²) in [7, 11) is 3.49. The third-order valence-corrected chi connectivity index (χ3v) is 3.87. The molecule has 0 heterocycles. The number of methoxy groups -OCH3 is 1. The van der Waals surface area contributed by atoms with E-state index in [2.05, 4.69) is 18.9 Å². The molecule has 0 saturated heterocycles. The van der Waals surface area contributed by atoms with Crippen LogP contribution in [0, 0.1) is 11.8 Å². The normalized spacial score (nSPS) is 21.6. The van der Waals surface area contributed by atoms with Gasteiger partial charge in [0, 0.05) is 18.6 Å². The summed E-state index contributed by atoms with van der Waals surface area (Å²) in [6, 6.07) is 0.573. The summed E-state index contributed by atoms with van der Waals surface area (Å²) in [4.78, 5) is 13.7. The maximum atomic E-state index is 11.5. The maximum Gasteiger partial charge on any atom is 0.309 e. The topological polar surface area (TPSA) is 55.6 Å². The number of ether oxygens (including phenoxy) is 1. The van der Waals surface area contributed by atoms with Gasteiger partial charge < -0.3 is 10.5 Å². The third-order valence-electron chi connectivity index (χ3n) is 3.87. The number of hydrogen-bond acceptors (Lipinski definition) is 4. The van der Waals surface area contributed by atoms with Gasteiger partial charge in [0.1, 0.15) is 0 Å². The fourth-order valence-corrected chi connectivity index (χ4v) is 2.21. The SMILES string of the molecule is COC(=O)C(C)C(C)N(C)C(CN)C1CC1. The molecular weight excluding hydrogens is 204 g/mol. The molecule has 4 heteroatoms. The van der Waals surface area contributed by atoms with Crippen LogP contribution in [0.5, 0.6) is 0 Å². The lowest BCUT2D eigenvalue weighted by molar-refractivity contribution is -0.147. The highest BCUT2D eigenvalue weighted by molar-refractivity contribution is 5.72. The van der Waals surface area contributed by atoms with Gasteiger partial charge in [0.2, 0.25) is 0 Å². The van der Waals surface area contributed by atoms with Crippen LogP contribution in [-0.4, -0.2) is 43.7 Å². The lowest BCUT2D eigenvalue weighted by atomic mass is 9.99. The quantitative estimate of drug-likeness (QED) is 0.685. The number of carbonyl (C=O) groups is 1. The molecule has 3 unspecified atom stereocenters. The van der Waals surface area contributed by atoms with Crippen molar-refractivity contribution in [2.45, 2.75) is 38.8 Å². The van der Waals surface area contributed by atoms with Crippen molar-refractivity contribution in [3.05, 3.63) is 0 Å². The van der Waals surface area contributed by atoms with Crippen LogP contribution in [-0.2, 0) is 9.53 Å². The van der Waals surface area contributed by atoms with E-state index in [1.807, 2.05) is 6.92 Å². The highest BCUT2D eigenvalue weighted by atomic mass is 16.5. The minimum Gasteiger partial charge on any atom is -0.469 e. The van der Waals surface area contributed by atoms with Crippen LogP contribution < -0.4 is 5.73 Å². The second-order valence-corrected chi connectivity index (χ2v) is 4.86. The first-order valence-corrected chi connectivity index (χ1v) is 6.02. The number of hydrogen-bond donors (Lipinski definition) is 1. The van der Waals surface area contributed by atoms with Gasteiger partial charge in [-0.05, 0) is 32.7 Å². The van der Waals surface area contributed by atoms with Crippen LogP contribution >= 0.6 is 0 Å². The summed E-state index contributed by atoms with van der Waals surface area (Å²) in [5.41, 5.74) is 5.80. The van der Waals surface area contributed by atoms with Crippen molar-refractivity contribution in [3.63, 3.8) is 0 Å². The first-order chi connectivity index (χ1) is 7.52. The molecule has 0 aromatic heterocycles. The van der Waals surface area contributed by atoms with Crippen molar-refractivity contribution in [1.29, 1.82) is 0 Å². The highest BCUT2D eigenvalue weighted by Gasteiger charge is 2.36. The van der Waals surface area contributed by atoms with E-state index >= 15 is 0 Å². The fraction of sp³-hybridized carbons (Fsp3) is 0.917. The Morgan fingerprint density at radius 3 is 2.44 bits per heavy atom. The van der Waals surface area contributed by atoms with E-state index in [1.54, 1.807) is 0 Å². The Morgan fingerprint density at radius 2 is 2.06 bits per heavy atom. The van der Waals surface area contributed by atoms with E-state index in [4.69, 9.17) is 10.5 Å².